The molecule has 3 N–H and O–H groups in total. The second kappa shape index (κ2) is 7.59. The lowest BCUT2D eigenvalue weighted by Gasteiger charge is -2.40. The molecule has 0 aromatic carbocycles. The molecule has 21 heavy (non-hydrogen) atoms. The number of hydrogen-bond donors (Lipinski definition) is 2. The third kappa shape index (κ3) is 3.98. The van der Waals surface area contributed by atoms with Crippen molar-refractivity contribution in [2.24, 2.45) is 17.6 Å². The van der Waals surface area contributed by atoms with Crippen LogP contribution in [-0.4, -0.2) is 43.5 Å². The highest BCUT2D eigenvalue weighted by Crippen LogP contribution is 2.33. The van der Waals surface area contributed by atoms with Crippen molar-refractivity contribution in [2.75, 3.05) is 27.2 Å². The van der Waals surface area contributed by atoms with Gasteiger partial charge in [0.1, 0.15) is 0 Å². The van der Waals surface area contributed by atoms with Crippen LogP contribution >= 0.6 is 0 Å². The molecule has 0 saturated heterocycles. The molecule has 0 aliphatic heterocycles. The first kappa shape index (κ1) is 16.8. The minimum atomic E-state index is 0.153. The Hall–Kier alpha value is -0.610. The summed E-state index contributed by atoms with van der Waals surface area (Å²) < 4.78 is 0. The van der Waals surface area contributed by atoms with Gasteiger partial charge >= 0.3 is 0 Å². The molecule has 0 aromatic heterocycles. The summed E-state index contributed by atoms with van der Waals surface area (Å²) in [5.74, 6) is 0.794. The Balaban J connectivity index is 1.93. The van der Waals surface area contributed by atoms with Gasteiger partial charge in [-0.25, -0.2) is 0 Å². The van der Waals surface area contributed by atoms with Crippen molar-refractivity contribution in [1.29, 1.82) is 0 Å². The van der Waals surface area contributed by atoms with Gasteiger partial charge in [0.05, 0.1) is 0 Å². The standard InChI is InChI=1S/C17H33N3O/c1-20(2)17(10-5-3-4-6-11-17)13-19-16(21)15-9-7-8-14(15)12-18/h14-15H,3-13,18H2,1-2H3,(H,19,21)/t14-,15-/m1/s1. The second-order valence-electron chi connectivity index (χ2n) is 7.28. The van der Waals surface area contributed by atoms with Crippen LogP contribution in [0.4, 0.5) is 0 Å². The molecule has 1 amide bonds. The van der Waals surface area contributed by atoms with Crippen LogP contribution in [0.15, 0.2) is 0 Å². The van der Waals surface area contributed by atoms with E-state index in [1.54, 1.807) is 0 Å². The molecule has 122 valence electrons. The predicted octanol–water partition coefficient (Wildman–Crippen LogP) is 2.13. The van der Waals surface area contributed by atoms with E-state index in [0.29, 0.717) is 12.5 Å². The molecule has 4 nitrogen and oxygen atoms in total. The van der Waals surface area contributed by atoms with E-state index in [1.807, 2.05) is 0 Å². The number of amides is 1. The van der Waals surface area contributed by atoms with Crippen molar-refractivity contribution in [3.8, 4) is 0 Å². The lowest BCUT2D eigenvalue weighted by atomic mass is 9.88. The van der Waals surface area contributed by atoms with E-state index in [0.717, 1.165) is 25.8 Å². The highest BCUT2D eigenvalue weighted by Gasteiger charge is 2.36. The fourth-order valence-corrected chi connectivity index (χ4v) is 4.22. The number of carbonyl (C=O) groups is 1. The topological polar surface area (TPSA) is 58.4 Å². The smallest absolute Gasteiger partial charge is 0.223 e. The fraction of sp³-hybridized carbons (Fsp3) is 0.941. The van der Waals surface area contributed by atoms with Crippen molar-refractivity contribution in [1.82, 2.24) is 10.2 Å². The highest BCUT2D eigenvalue weighted by atomic mass is 16.1. The van der Waals surface area contributed by atoms with Crippen LogP contribution in [0.5, 0.6) is 0 Å². The number of nitrogens with one attached hydrogen (secondary N) is 1. The molecule has 0 aromatic rings. The Morgan fingerprint density at radius 2 is 1.81 bits per heavy atom. The fourth-order valence-electron chi connectivity index (χ4n) is 4.22. The molecular formula is C17H33N3O. The summed E-state index contributed by atoms with van der Waals surface area (Å²) in [5, 5.41) is 3.27. The Morgan fingerprint density at radius 1 is 1.14 bits per heavy atom. The van der Waals surface area contributed by atoms with E-state index in [-0.39, 0.29) is 17.4 Å². The molecule has 2 aliphatic carbocycles. The molecule has 2 atom stereocenters. The number of rotatable bonds is 5. The SMILES string of the molecule is CN(C)C1(CNC(=O)[C@@H]2CCC[C@@H]2CN)CCCCCC1. The molecule has 4 heteroatoms. The Bertz CT molecular complexity index is 335. The molecule has 2 saturated carbocycles. The van der Waals surface area contributed by atoms with Crippen LogP contribution < -0.4 is 11.1 Å². The minimum absolute atomic E-state index is 0.153. The summed E-state index contributed by atoms with van der Waals surface area (Å²) in [4.78, 5) is 14.9. The predicted molar refractivity (Wildman–Crippen MR) is 87.0 cm³/mol. The van der Waals surface area contributed by atoms with Gasteiger partial charge in [0.2, 0.25) is 5.91 Å². The normalized spacial score (nSPS) is 29.3. The number of nitrogens with zero attached hydrogens (tertiary/aromatic N) is 1. The zero-order chi connectivity index (χ0) is 15.3. The first-order valence-corrected chi connectivity index (χ1v) is 8.74. The van der Waals surface area contributed by atoms with Crippen LogP contribution in [-0.2, 0) is 4.79 Å². The van der Waals surface area contributed by atoms with Crippen molar-refractivity contribution in [3.05, 3.63) is 0 Å². The van der Waals surface area contributed by atoms with Crippen LogP contribution in [0.3, 0.4) is 0 Å². The molecular weight excluding hydrogens is 262 g/mol. The Morgan fingerprint density at radius 3 is 2.38 bits per heavy atom. The van der Waals surface area contributed by atoms with Crippen LogP contribution in [0.25, 0.3) is 0 Å². The van der Waals surface area contributed by atoms with Gasteiger partial charge in [0.15, 0.2) is 0 Å². The van der Waals surface area contributed by atoms with Gasteiger partial charge in [0.25, 0.3) is 0 Å². The molecule has 2 fully saturated rings. The largest absolute Gasteiger partial charge is 0.354 e. The van der Waals surface area contributed by atoms with Gasteiger partial charge in [-0.2, -0.15) is 0 Å². The van der Waals surface area contributed by atoms with Crippen LogP contribution in [0.2, 0.25) is 0 Å². The third-order valence-electron chi connectivity index (χ3n) is 5.87. The average Bonchev–Trinajstić information content (AvgIpc) is 2.82. The van der Waals surface area contributed by atoms with Crippen LogP contribution in [0, 0.1) is 11.8 Å². The third-order valence-corrected chi connectivity index (χ3v) is 5.87. The summed E-state index contributed by atoms with van der Waals surface area (Å²) in [5.41, 5.74) is 5.96. The Labute approximate surface area is 129 Å². The summed E-state index contributed by atoms with van der Waals surface area (Å²) in [6, 6.07) is 0. The van der Waals surface area contributed by atoms with Crippen molar-refractivity contribution < 1.29 is 4.79 Å². The average molecular weight is 295 g/mol. The van der Waals surface area contributed by atoms with Gasteiger partial charge in [-0.05, 0) is 52.2 Å². The second-order valence-corrected chi connectivity index (χ2v) is 7.28. The monoisotopic (exact) mass is 295 g/mol. The van der Waals surface area contributed by atoms with E-state index in [1.165, 1.54) is 38.5 Å². The van der Waals surface area contributed by atoms with E-state index in [9.17, 15) is 4.79 Å². The lowest BCUT2D eigenvalue weighted by Crippen LogP contribution is -2.53. The number of likely N-dealkylation sites (N-methyl/N-ethyl adjacent to an activating group) is 1. The molecule has 2 aliphatic rings. The van der Waals surface area contributed by atoms with Crippen molar-refractivity contribution >= 4 is 5.91 Å². The summed E-state index contributed by atoms with van der Waals surface area (Å²) >= 11 is 0. The van der Waals surface area contributed by atoms with Crippen LogP contribution in [0.1, 0.15) is 57.8 Å². The van der Waals surface area contributed by atoms with E-state index < -0.39 is 0 Å². The summed E-state index contributed by atoms with van der Waals surface area (Å²) in [7, 11) is 4.32. The molecule has 0 unspecified atom stereocenters. The van der Waals surface area contributed by atoms with Gasteiger partial charge < -0.3 is 16.0 Å². The first-order chi connectivity index (χ1) is 10.1. The first-order valence-electron chi connectivity index (χ1n) is 8.74. The van der Waals surface area contributed by atoms with E-state index >= 15 is 0 Å². The van der Waals surface area contributed by atoms with E-state index in [4.69, 9.17) is 5.73 Å². The quantitative estimate of drug-likeness (QED) is 0.764. The molecule has 0 bridgehead atoms. The van der Waals surface area contributed by atoms with Gasteiger partial charge in [-0.1, -0.05) is 32.1 Å². The lowest BCUT2D eigenvalue weighted by molar-refractivity contribution is -0.126. The molecule has 2 rings (SSSR count). The van der Waals surface area contributed by atoms with Gasteiger partial charge in [0, 0.05) is 18.0 Å². The number of hydrogen-bond acceptors (Lipinski definition) is 3. The summed E-state index contributed by atoms with van der Waals surface area (Å²) in [6.45, 7) is 1.45. The van der Waals surface area contributed by atoms with Gasteiger partial charge in [-0.15, -0.1) is 0 Å². The zero-order valence-electron chi connectivity index (χ0n) is 13.9. The van der Waals surface area contributed by atoms with Crippen molar-refractivity contribution in [2.45, 2.75) is 63.3 Å². The number of nitrogens with two attached hydrogens (primary N) is 1. The highest BCUT2D eigenvalue weighted by molar-refractivity contribution is 5.79. The molecule has 0 heterocycles. The maximum atomic E-state index is 12.5. The Kier molecular flexibility index (Phi) is 6.06. The zero-order valence-corrected chi connectivity index (χ0v) is 13.9. The molecule has 0 radical (unpaired) electrons. The number of carbonyl (C=O) groups excluding carboxylic acids is 1. The van der Waals surface area contributed by atoms with Crippen molar-refractivity contribution in [3.63, 3.8) is 0 Å². The molecule has 0 spiro atoms. The van der Waals surface area contributed by atoms with Gasteiger partial charge in [-0.3, -0.25) is 4.79 Å². The summed E-state index contributed by atoms with van der Waals surface area (Å²) in [6.07, 6.45) is 10.9. The maximum absolute atomic E-state index is 12.5. The maximum Gasteiger partial charge on any atom is 0.223 e. The minimum Gasteiger partial charge on any atom is -0.354 e. The van der Waals surface area contributed by atoms with E-state index in [2.05, 4.69) is 24.3 Å².